The number of nitrogens with one attached hydrogen (secondary N) is 1. The quantitative estimate of drug-likeness (QED) is 0.274. The third-order valence-electron chi connectivity index (χ3n) is 8.16. The molecule has 1 aromatic heterocycles. The zero-order valence-electron chi connectivity index (χ0n) is 24.7. The normalized spacial score (nSPS) is 22.1. The standard InChI is InChI=1S/C32H42N2O6Si/c1-6-37-30(23-17-18-23)40-26-19-28(34-20-22(2)29(35)33-31(34)36)39-27(26)21-38-41(32(3,4)5,24-13-9-7-10-14-24)25-15-11-8-12-16-25/h7-16,20,23,26-28,30H,6,17-19,21H2,1-5H3,(H,33,35,36)/t26?,27-,28-,30?/m1/s1. The van der Waals surface area contributed by atoms with Crippen molar-refractivity contribution in [2.45, 2.75) is 83.6 Å². The number of hydrogen-bond acceptors (Lipinski definition) is 6. The predicted octanol–water partition coefficient (Wildman–Crippen LogP) is 3.87. The Morgan fingerprint density at radius 1 is 1.02 bits per heavy atom. The van der Waals surface area contributed by atoms with Crippen LogP contribution >= 0.6 is 0 Å². The average molecular weight is 579 g/mol. The van der Waals surface area contributed by atoms with Crippen molar-refractivity contribution in [3.63, 3.8) is 0 Å². The van der Waals surface area contributed by atoms with E-state index in [0.29, 0.717) is 24.5 Å². The van der Waals surface area contributed by atoms with Gasteiger partial charge in [-0.1, -0.05) is 81.4 Å². The van der Waals surface area contributed by atoms with Gasteiger partial charge in [0.05, 0.1) is 12.7 Å². The number of aryl methyl sites for hydroxylation is 1. The summed E-state index contributed by atoms with van der Waals surface area (Å²) in [7, 11) is -2.82. The van der Waals surface area contributed by atoms with E-state index >= 15 is 0 Å². The number of rotatable bonds is 11. The monoisotopic (exact) mass is 578 g/mol. The van der Waals surface area contributed by atoms with Gasteiger partial charge in [0.15, 0.2) is 6.29 Å². The van der Waals surface area contributed by atoms with Crippen LogP contribution in [0.3, 0.4) is 0 Å². The number of ether oxygens (including phenoxy) is 3. The highest BCUT2D eigenvalue weighted by Gasteiger charge is 2.52. The Kier molecular flexibility index (Phi) is 8.82. The van der Waals surface area contributed by atoms with E-state index in [4.69, 9.17) is 18.6 Å². The molecular weight excluding hydrogens is 536 g/mol. The molecule has 1 N–H and O–H groups in total. The molecule has 0 radical (unpaired) electrons. The maximum absolute atomic E-state index is 12.8. The molecular formula is C32H42N2O6Si. The predicted molar refractivity (Wildman–Crippen MR) is 161 cm³/mol. The fraction of sp³-hybridized carbons (Fsp3) is 0.500. The fourth-order valence-corrected chi connectivity index (χ4v) is 10.5. The number of aromatic amines is 1. The molecule has 0 bridgehead atoms. The summed E-state index contributed by atoms with van der Waals surface area (Å²) < 4.78 is 27.8. The number of benzene rings is 2. The molecule has 1 saturated carbocycles. The van der Waals surface area contributed by atoms with Crippen LogP contribution in [0.25, 0.3) is 0 Å². The fourth-order valence-electron chi connectivity index (χ4n) is 5.92. The van der Waals surface area contributed by atoms with Crippen molar-refractivity contribution < 1.29 is 18.6 Å². The first-order chi connectivity index (χ1) is 19.6. The summed E-state index contributed by atoms with van der Waals surface area (Å²) in [5.41, 5.74) is -0.446. The third kappa shape index (κ3) is 6.19. The lowest BCUT2D eigenvalue weighted by Gasteiger charge is -2.43. The van der Waals surface area contributed by atoms with Gasteiger partial charge < -0.3 is 18.6 Å². The molecule has 220 valence electrons. The molecule has 41 heavy (non-hydrogen) atoms. The van der Waals surface area contributed by atoms with Crippen molar-refractivity contribution >= 4 is 18.7 Å². The Labute approximate surface area is 242 Å². The van der Waals surface area contributed by atoms with Crippen molar-refractivity contribution in [2.24, 2.45) is 5.92 Å². The summed E-state index contributed by atoms with van der Waals surface area (Å²) in [6, 6.07) is 21.0. The van der Waals surface area contributed by atoms with Crippen LogP contribution in [0.4, 0.5) is 0 Å². The highest BCUT2D eigenvalue weighted by molar-refractivity contribution is 6.99. The minimum Gasteiger partial charge on any atom is -0.405 e. The topological polar surface area (TPSA) is 91.8 Å². The van der Waals surface area contributed by atoms with Crippen LogP contribution < -0.4 is 21.6 Å². The second kappa shape index (κ2) is 12.2. The van der Waals surface area contributed by atoms with Crippen LogP contribution in [0.2, 0.25) is 5.04 Å². The molecule has 5 rings (SSSR count). The Morgan fingerprint density at radius 2 is 1.63 bits per heavy atom. The number of H-pyrrole nitrogens is 1. The van der Waals surface area contributed by atoms with Gasteiger partial charge >= 0.3 is 5.69 Å². The molecule has 0 spiro atoms. The first kappa shape index (κ1) is 29.7. The van der Waals surface area contributed by atoms with Crippen LogP contribution in [0.15, 0.2) is 76.4 Å². The van der Waals surface area contributed by atoms with E-state index in [0.717, 1.165) is 12.8 Å². The second-order valence-corrected chi connectivity index (χ2v) is 16.5. The van der Waals surface area contributed by atoms with Gasteiger partial charge in [0.25, 0.3) is 13.9 Å². The van der Waals surface area contributed by atoms with Crippen molar-refractivity contribution in [1.29, 1.82) is 0 Å². The zero-order valence-corrected chi connectivity index (χ0v) is 25.7. The highest BCUT2D eigenvalue weighted by Crippen LogP contribution is 2.40. The zero-order chi connectivity index (χ0) is 29.2. The van der Waals surface area contributed by atoms with E-state index in [-0.39, 0.29) is 24.0 Å². The highest BCUT2D eigenvalue weighted by atomic mass is 28.4. The molecule has 2 aromatic carbocycles. The van der Waals surface area contributed by atoms with E-state index in [2.05, 4.69) is 74.3 Å². The van der Waals surface area contributed by atoms with Crippen LogP contribution in [0.5, 0.6) is 0 Å². The summed E-state index contributed by atoms with van der Waals surface area (Å²) in [6.07, 6.45) is 2.43. The van der Waals surface area contributed by atoms with Crippen LogP contribution in [-0.2, 0) is 18.6 Å². The largest absolute Gasteiger partial charge is 0.405 e. The number of aromatic nitrogens is 2. The van der Waals surface area contributed by atoms with E-state index in [1.54, 1.807) is 13.1 Å². The molecule has 2 heterocycles. The first-order valence-electron chi connectivity index (χ1n) is 14.6. The Bertz CT molecular complexity index is 1370. The number of hydrogen-bond donors (Lipinski definition) is 1. The summed E-state index contributed by atoms with van der Waals surface area (Å²) in [6.45, 7) is 11.2. The third-order valence-corrected chi connectivity index (χ3v) is 13.2. The first-order valence-corrected chi connectivity index (χ1v) is 16.5. The molecule has 2 aliphatic rings. The maximum atomic E-state index is 12.8. The van der Waals surface area contributed by atoms with Crippen molar-refractivity contribution in [3.05, 3.63) is 93.3 Å². The minimum absolute atomic E-state index is 0.196. The lowest BCUT2D eigenvalue weighted by molar-refractivity contribution is -0.191. The van der Waals surface area contributed by atoms with E-state index in [1.165, 1.54) is 14.9 Å². The molecule has 1 saturated heterocycles. The molecule has 1 aliphatic carbocycles. The molecule has 0 amide bonds. The maximum Gasteiger partial charge on any atom is 0.330 e. The van der Waals surface area contributed by atoms with Crippen LogP contribution in [0.1, 0.15) is 58.7 Å². The summed E-state index contributed by atoms with van der Waals surface area (Å²) in [4.78, 5) is 27.2. The van der Waals surface area contributed by atoms with Gasteiger partial charge in [-0.15, -0.1) is 0 Å². The molecule has 3 aromatic rings. The van der Waals surface area contributed by atoms with Crippen molar-refractivity contribution in [1.82, 2.24) is 9.55 Å². The van der Waals surface area contributed by atoms with E-state index in [9.17, 15) is 9.59 Å². The minimum atomic E-state index is -2.82. The molecule has 2 fully saturated rings. The van der Waals surface area contributed by atoms with Gasteiger partial charge in [0.2, 0.25) is 0 Å². The van der Waals surface area contributed by atoms with Gasteiger partial charge in [0, 0.05) is 30.7 Å². The molecule has 4 atom stereocenters. The van der Waals surface area contributed by atoms with Crippen molar-refractivity contribution in [3.8, 4) is 0 Å². The van der Waals surface area contributed by atoms with Crippen LogP contribution in [-0.4, -0.2) is 49.6 Å². The SMILES string of the molecule is CCOC(OC1C[C@H](n2cc(C)c(=O)[nH]c2=O)O[C@@H]1CO[Si](c1ccccc1)(c1ccccc1)C(C)(C)C)C1CC1. The van der Waals surface area contributed by atoms with Crippen molar-refractivity contribution in [2.75, 3.05) is 13.2 Å². The average Bonchev–Trinajstić information content (AvgIpc) is 3.72. The van der Waals surface area contributed by atoms with E-state index < -0.39 is 31.9 Å². The summed E-state index contributed by atoms with van der Waals surface area (Å²) in [5, 5.41) is 2.17. The van der Waals surface area contributed by atoms with Gasteiger partial charge in [-0.25, -0.2) is 4.79 Å². The number of nitrogens with zero attached hydrogens (tertiary/aromatic N) is 1. The van der Waals surface area contributed by atoms with E-state index in [1.807, 2.05) is 19.1 Å². The van der Waals surface area contributed by atoms with Gasteiger partial charge in [-0.3, -0.25) is 14.3 Å². The summed E-state index contributed by atoms with van der Waals surface area (Å²) in [5.74, 6) is 0.366. The molecule has 2 unspecified atom stereocenters. The smallest absolute Gasteiger partial charge is 0.330 e. The Morgan fingerprint density at radius 3 is 2.17 bits per heavy atom. The second-order valence-electron chi connectivity index (χ2n) is 12.2. The summed E-state index contributed by atoms with van der Waals surface area (Å²) >= 11 is 0. The Balaban J connectivity index is 1.50. The van der Waals surface area contributed by atoms with Gasteiger partial charge in [-0.05, 0) is 42.1 Å². The lowest BCUT2D eigenvalue weighted by Crippen LogP contribution is -2.67. The molecule has 1 aliphatic heterocycles. The molecule has 8 nitrogen and oxygen atoms in total. The van der Waals surface area contributed by atoms with Crippen LogP contribution in [0, 0.1) is 12.8 Å². The van der Waals surface area contributed by atoms with Gasteiger partial charge in [-0.2, -0.15) is 0 Å². The van der Waals surface area contributed by atoms with Gasteiger partial charge in [0.1, 0.15) is 12.3 Å². The Hall–Kier alpha value is -2.82. The molecule has 9 heteroatoms. The lowest BCUT2D eigenvalue weighted by atomic mass is 10.2.